The van der Waals surface area contributed by atoms with Crippen molar-refractivity contribution in [3.05, 3.63) is 91.1 Å². The molecule has 0 aliphatic rings. The first kappa shape index (κ1) is 15.1. The van der Waals surface area contributed by atoms with Crippen LogP contribution in [-0.4, -0.2) is 15.1 Å². The molecule has 1 N–H and O–H groups in total. The molecule has 3 aromatic carbocycles. The largest absolute Gasteiger partial charge is 0.508 e. The maximum atomic E-state index is 9.42. The van der Waals surface area contributed by atoms with Gasteiger partial charge in [0.1, 0.15) is 5.75 Å². The number of aromatic nitrogens is 2. The number of hydrogen-bond donors (Lipinski definition) is 1. The van der Waals surface area contributed by atoms with Crippen LogP contribution in [0.5, 0.6) is 5.75 Å². The molecule has 0 radical (unpaired) electrons. The van der Waals surface area contributed by atoms with Crippen LogP contribution < -0.4 is 0 Å². The number of phenols is 1. The molecule has 120 valence electrons. The Hall–Kier alpha value is -3.46. The van der Waals surface area contributed by atoms with Gasteiger partial charge in [-0.25, -0.2) is 9.97 Å². The molecular weight excluding hydrogens is 308 g/mol. The second kappa shape index (κ2) is 6.57. The third-order valence-electron chi connectivity index (χ3n) is 4.07. The quantitative estimate of drug-likeness (QED) is 0.564. The van der Waals surface area contributed by atoms with Gasteiger partial charge in [-0.05, 0) is 41.5 Å². The highest BCUT2D eigenvalue weighted by atomic mass is 16.3. The Kier molecular flexibility index (Phi) is 3.97. The highest BCUT2D eigenvalue weighted by molar-refractivity contribution is 5.69. The average Bonchev–Trinajstić information content (AvgIpc) is 2.69. The van der Waals surface area contributed by atoms with E-state index in [4.69, 9.17) is 0 Å². The third kappa shape index (κ3) is 3.26. The van der Waals surface area contributed by atoms with E-state index < -0.39 is 0 Å². The van der Waals surface area contributed by atoms with Crippen molar-refractivity contribution in [2.45, 2.75) is 0 Å². The van der Waals surface area contributed by atoms with E-state index in [1.165, 1.54) is 11.1 Å². The minimum atomic E-state index is 0.233. The molecule has 0 fully saturated rings. The van der Waals surface area contributed by atoms with Gasteiger partial charge in [-0.3, -0.25) is 0 Å². The molecule has 4 aromatic rings. The molecule has 0 bridgehead atoms. The van der Waals surface area contributed by atoms with Crippen LogP contribution in [0, 0.1) is 0 Å². The fourth-order valence-electron chi connectivity index (χ4n) is 2.73. The Labute approximate surface area is 146 Å². The van der Waals surface area contributed by atoms with Crippen molar-refractivity contribution in [1.29, 1.82) is 0 Å². The molecule has 0 saturated heterocycles. The topological polar surface area (TPSA) is 46.0 Å². The lowest BCUT2D eigenvalue weighted by Gasteiger charge is -2.06. The second-order valence-electron chi connectivity index (χ2n) is 5.76. The zero-order valence-electron chi connectivity index (χ0n) is 13.5. The first-order chi connectivity index (χ1) is 12.3. The Morgan fingerprint density at radius 1 is 0.560 bits per heavy atom. The SMILES string of the molecule is Oc1ccc(-c2nccc(-c3ccc(-c4ccccc4)cc3)n2)cc1. The van der Waals surface area contributed by atoms with Gasteiger partial charge in [0.05, 0.1) is 5.69 Å². The van der Waals surface area contributed by atoms with Crippen LogP contribution in [0.4, 0.5) is 0 Å². The van der Waals surface area contributed by atoms with Gasteiger partial charge in [0.15, 0.2) is 5.82 Å². The van der Waals surface area contributed by atoms with E-state index in [1.807, 2.05) is 36.4 Å². The Morgan fingerprint density at radius 2 is 1.16 bits per heavy atom. The van der Waals surface area contributed by atoms with Crippen molar-refractivity contribution < 1.29 is 5.11 Å². The smallest absolute Gasteiger partial charge is 0.159 e. The van der Waals surface area contributed by atoms with Gasteiger partial charge < -0.3 is 5.11 Å². The van der Waals surface area contributed by atoms with Gasteiger partial charge in [0, 0.05) is 17.3 Å². The summed E-state index contributed by atoms with van der Waals surface area (Å²) in [6.45, 7) is 0. The minimum absolute atomic E-state index is 0.233. The van der Waals surface area contributed by atoms with E-state index in [-0.39, 0.29) is 5.75 Å². The highest BCUT2D eigenvalue weighted by Gasteiger charge is 2.05. The summed E-state index contributed by atoms with van der Waals surface area (Å²) < 4.78 is 0. The van der Waals surface area contributed by atoms with Gasteiger partial charge >= 0.3 is 0 Å². The van der Waals surface area contributed by atoms with Crippen LogP contribution in [0.3, 0.4) is 0 Å². The summed E-state index contributed by atoms with van der Waals surface area (Å²) in [7, 11) is 0. The second-order valence-corrected chi connectivity index (χ2v) is 5.76. The number of benzene rings is 3. The van der Waals surface area contributed by atoms with Crippen molar-refractivity contribution in [2.75, 3.05) is 0 Å². The molecule has 25 heavy (non-hydrogen) atoms. The number of rotatable bonds is 3. The summed E-state index contributed by atoms with van der Waals surface area (Å²) in [5.41, 5.74) is 5.17. The van der Waals surface area contributed by atoms with Crippen molar-refractivity contribution in [3.8, 4) is 39.5 Å². The Balaban J connectivity index is 1.66. The van der Waals surface area contributed by atoms with Gasteiger partial charge in [-0.15, -0.1) is 0 Å². The number of phenolic OH excluding ortho intramolecular Hbond substituents is 1. The summed E-state index contributed by atoms with van der Waals surface area (Å²) in [6.07, 6.45) is 1.76. The average molecular weight is 324 g/mol. The summed E-state index contributed by atoms with van der Waals surface area (Å²) >= 11 is 0. The van der Waals surface area contributed by atoms with Crippen LogP contribution in [0.25, 0.3) is 33.8 Å². The maximum Gasteiger partial charge on any atom is 0.159 e. The number of hydrogen-bond acceptors (Lipinski definition) is 3. The standard InChI is InChI=1S/C22H16N2O/c25-20-12-10-19(11-13-20)22-23-15-14-21(24-22)18-8-6-17(7-9-18)16-4-2-1-3-5-16/h1-15,25H. The van der Waals surface area contributed by atoms with Gasteiger partial charge in [-0.1, -0.05) is 54.6 Å². The predicted octanol–water partition coefficient (Wildman–Crippen LogP) is 5.18. The Bertz CT molecular complexity index is 978. The summed E-state index contributed by atoms with van der Waals surface area (Å²) in [5.74, 6) is 0.876. The molecule has 0 aliphatic carbocycles. The van der Waals surface area contributed by atoms with E-state index >= 15 is 0 Å². The summed E-state index contributed by atoms with van der Waals surface area (Å²) in [4.78, 5) is 8.99. The maximum absolute atomic E-state index is 9.42. The van der Waals surface area contributed by atoms with Crippen LogP contribution >= 0.6 is 0 Å². The molecule has 1 heterocycles. The molecule has 3 nitrogen and oxygen atoms in total. The molecule has 0 aliphatic heterocycles. The molecule has 3 heteroatoms. The van der Waals surface area contributed by atoms with E-state index in [0.29, 0.717) is 5.82 Å². The van der Waals surface area contributed by atoms with Gasteiger partial charge in [0.25, 0.3) is 0 Å². The molecule has 0 unspecified atom stereocenters. The normalized spacial score (nSPS) is 10.6. The van der Waals surface area contributed by atoms with E-state index in [9.17, 15) is 5.11 Å². The van der Waals surface area contributed by atoms with Crippen molar-refractivity contribution in [2.24, 2.45) is 0 Å². The number of aromatic hydroxyl groups is 1. The summed E-state index contributed by atoms with van der Waals surface area (Å²) in [6, 6.07) is 27.5. The first-order valence-electron chi connectivity index (χ1n) is 8.08. The fourth-order valence-corrected chi connectivity index (χ4v) is 2.73. The van der Waals surface area contributed by atoms with Crippen LogP contribution in [0.15, 0.2) is 91.1 Å². The van der Waals surface area contributed by atoms with Gasteiger partial charge in [0.2, 0.25) is 0 Å². The first-order valence-corrected chi connectivity index (χ1v) is 8.08. The molecule has 0 spiro atoms. The van der Waals surface area contributed by atoms with Crippen molar-refractivity contribution in [1.82, 2.24) is 9.97 Å². The number of nitrogens with zero attached hydrogens (tertiary/aromatic N) is 2. The predicted molar refractivity (Wildman–Crippen MR) is 100 cm³/mol. The zero-order valence-corrected chi connectivity index (χ0v) is 13.5. The van der Waals surface area contributed by atoms with Crippen LogP contribution in [0.1, 0.15) is 0 Å². The molecule has 0 amide bonds. The molecule has 4 rings (SSSR count). The van der Waals surface area contributed by atoms with Crippen LogP contribution in [0.2, 0.25) is 0 Å². The van der Waals surface area contributed by atoms with Gasteiger partial charge in [-0.2, -0.15) is 0 Å². The molecule has 0 atom stereocenters. The highest BCUT2D eigenvalue weighted by Crippen LogP contribution is 2.25. The molecule has 0 saturated carbocycles. The van der Waals surface area contributed by atoms with Crippen molar-refractivity contribution >= 4 is 0 Å². The van der Waals surface area contributed by atoms with E-state index in [2.05, 4.69) is 46.4 Å². The fraction of sp³-hybridized carbons (Fsp3) is 0. The van der Waals surface area contributed by atoms with E-state index in [0.717, 1.165) is 16.8 Å². The lowest BCUT2D eigenvalue weighted by Crippen LogP contribution is -1.91. The lowest BCUT2D eigenvalue weighted by atomic mass is 10.0. The summed E-state index contributed by atoms with van der Waals surface area (Å²) in [5, 5.41) is 9.42. The van der Waals surface area contributed by atoms with Crippen LogP contribution in [-0.2, 0) is 0 Å². The van der Waals surface area contributed by atoms with Crippen molar-refractivity contribution in [3.63, 3.8) is 0 Å². The van der Waals surface area contributed by atoms with E-state index in [1.54, 1.807) is 18.3 Å². The monoisotopic (exact) mass is 324 g/mol. The molecular formula is C22H16N2O. The molecule has 1 aromatic heterocycles. The lowest BCUT2D eigenvalue weighted by molar-refractivity contribution is 0.475. The minimum Gasteiger partial charge on any atom is -0.508 e. The Morgan fingerprint density at radius 3 is 1.88 bits per heavy atom. The zero-order chi connectivity index (χ0) is 17.1. The third-order valence-corrected chi connectivity index (χ3v) is 4.07.